The average molecular weight is 265 g/mol. The molecule has 0 aliphatic rings. The molecule has 1 rings (SSSR count). The van der Waals surface area contributed by atoms with E-state index in [1.165, 1.54) is 11.9 Å². The Bertz CT molecular complexity index is 475. The van der Waals surface area contributed by atoms with Crippen LogP contribution >= 0.6 is 0 Å². The van der Waals surface area contributed by atoms with E-state index < -0.39 is 30.4 Å². The quantitative estimate of drug-likeness (QED) is 0.703. The molecule has 0 aliphatic carbocycles. The number of primary amides is 1. The van der Waals surface area contributed by atoms with E-state index in [0.717, 1.165) is 0 Å². The molecule has 0 saturated heterocycles. The summed E-state index contributed by atoms with van der Waals surface area (Å²) in [5.74, 6) is -2.11. The van der Waals surface area contributed by atoms with Crippen molar-refractivity contribution >= 4 is 23.6 Å². The van der Waals surface area contributed by atoms with Crippen LogP contribution in [0.3, 0.4) is 0 Å². The van der Waals surface area contributed by atoms with Crippen molar-refractivity contribution < 1.29 is 19.5 Å². The third kappa shape index (κ3) is 4.30. The summed E-state index contributed by atoms with van der Waals surface area (Å²) < 4.78 is 0. The summed E-state index contributed by atoms with van der Waals surface area (Å²) in [4.78, 5) is 34.7. The monoisotopic (exact) mass is 265 g/mol. The van der Waals surface area contributed by atoms with E-state index in [2.05, 4.69) is 5.32 Å². The SMILES string of the molecule is CN(C(=O)N[C@@H](CC(N)=O)C(=O)O)c1ccccc1. The van der Waals surface area contributed by atoms with Crippen LogP contribution in [-0.4, -0.2) is 36.1 Å². The summed E-state index contributed by atoms with van der Waals surface area (Å²) in [6.07, 6.45) is -0.455. The molecule has 0 bridgehead atoms. The number of amides is 3. The number of urea groups is 1. The van der Waals surface area contributed by atoms with Crippen molar-refractivity contribution in [3.05, 3.63) is 30.3 Å². The number of nitrogens with two attached hydrogens (primary N) is 1. The zero-order valence-electron chi connectivity index (χ0n) is 10.4. The van der Waals surface area contributed by atoms with Gasteiger partial charge in [-0.2, -0.15) is 0 Å². The lowest BCUT2D eigenvalue weighted by atomic mass is 10.2. The normalized spacial score (nSPS) is 11.4. The molecule has 102 valence electrons. The number of carbonyl (C=O) groups is 3. The standard InChI is InChI=1S/C12H15N3O4/c1-15(8-5-3-2-4-6-8)12(19)14-9(11(17)18)7-10(13)16/h2-6,9H,7H2,1H3,(H2,13,16)(H,14,19)(H,17,18)/t9-/m0/s1. The van der Waals surface area contributed by atoms with Crippen LogP contribution in [0.2, 0.25) is 0 Å². The van der Waals surface area contributed by atoms with Crippen molar-refractivity contribution in [3.8, 4) is 0 Å². The van der Waals surface area contributed by atoms with E-state index in [0.29, 0.717) is 5.69 Å². The minimum absolute atomic E-state index is 0.455. The van der Waals surface area contributed by atoms with Crippen molar-refractivity contribution in [2.75, 3.05) is 11.9 Å². The van der Waals surface area contributed by atoms with Gasteiger partial charge in [-0.3, -0.25) is 9.69 Å². The van der Waals surface area contributed by atoms with Crippen LogP contribution in [0, 0.1) is 0 Å². The van der Waals surface area contributed by atoms with E-state index in [4.69, 9.17) is 10.8 Å². The maximum atomic E-state index is 11.8. The van der Waals surface area contributed by atoms with Crippen molar-refractivity contribution in [1.82, 2.24) is 5.32 Å². The zero-order valence-corrected chi connectivity index (χ0v) is 10.4. The number of carboxylic acids is 1. The maximum absolute atomic E-state index is 11.8. The van der Waals surface area contributed by atoms with Crippen LogP contribution in [0.1, 0.15) is 6.42 Å². The molecule has 0 saturated carbocycles. The number of hydrogen-bond acceptors (Lipinski definition) is 3. The lowest BCUT2D eigenvalue weighted by Gasteiger charge is -2.20. The lowest BCUT2D eigenvalue weighted by Crippen LogP contribution is -2.48. The molecule has 0 aromatic heterocycles. The number of rotatable bonds is 5. The minimum atomic E-state index is -1.34. The Kier molecular flexibility index (Phi) is 4.87. The molecule has 0 heterocycles. The highest BCUT2D eigenvalue weighted by Gasteiger charge is 2.23. The number of carbonyl (C=O) groups excluding carboxylic acids is 2. The number of nitrogens with one attached hydrogen (secondary N) is 1. The fraction of sp³-hybridized carbons (Fsp3) is 0.250. The Morgan fingerprint density at radius 1 is 1.32 bits per heavy atom. The number of nitrogens with zero attached hydrogens (tertiary/aromatic N) is 1. The van der Waals surface area contributed by atoms with Gasteiger partial charge < -0.3 is 16.2 Å². The summed E-state index contributed by atoms with van der Waals surface area (Å²) in [6, 6.07) is 6.72. The maximum Gasteiger partial charge on any atom is 0.326 e. The first kappa shape index (κ1) is 14.5. The molecule has 1 aromatic rings. The van der Waals surface area contributed by atoms with Crippen molar-refractivity contribution in [2.24, 2.45) is 5.73 Å². The second-order valence-electron chi connectivity index (χ2n) is 3.91. The topological polar surface area (TPSA) is 113 Å². The van der Waals surface area contributed by atoms with E-state index in [1.54, 1.807) is 30.3 Å². The highest BCUT2D eigenvalue weighted by molar-refractivity contribution is 5.95. The molecule has 0 radical (unpaired) electrons. The summed E-state index contributed by atoms with van der Waals surface area (Å²) in [6.45, 7) is 0. The molecule has 0 spiro atoms. The summed E-state index contributed by atoms with van der Waals surface area (Å²) >= 11 is 0. The second-order valence-corrected chi connectivity index (χ2v) is 3.91. The van der Waals surface area contributed by atoms with Gasteiger partial charge in [-0.25, -0.2) is 9.59 Å². The van der Waals surface area contributed by atoms with Crippen LogP contribution in [-0.2, 0) is 9.59 Å². The first-order valence-corrected chi connectivity index (χ1v) is 5.52. The van der Waals surface area contributed by atoms with Gasteiger partial charge in [-0.05, 0) is 12.1 Å². The van der Waals surface area contributed by atoms with E-state index in [-0.39, 0.29) is 0 Å². The Balaban J connectivity index is 2.72. The number of carboxylic acid groups (broad SMARTS) is 1. The molecular formula is C12H15N3O4. The van der Waals surface area contributed by atoms with Crippen LogP contribution < -0.4 is 16.0 Å². The van der Waals surface area contributed by atoms with Crippen LogP contribution in [0.25, 0.3) is 0 Å². The van der Waals surface area contributed by atoms with Gasteiger partial charge in [0.2, 0.25) is 5.91 Å². The smallest absolute Gasteiger partial charge is 0.326 e. The molecule has 1 atom stereocenters. The third-order valence-electron chi connectivity index (χ3n) is 2.45. The number of benzene rings is 1. The average Bonchev–Trinajstić information content (AvgIpc) is 2.37. The van der Waals surface area contributed by atoms with Gasteiger partial charge in [0.05, 0.1) is 6.42 Å². The van der Waals surface area contributed by atoms with Crippen LogP contribution in [0.5, 0.6) is 0 Å². The van der Waals surface area contributed by atoms with Gasteiger partial charge >= 0.3 is 12.0 Å². The minimum Gasteiger partial charge on any atom is -0.480 e. The Morgan fingerprint density at radius 2 is 1.89 bits per heavy atom. The number of para-hydroxylation sites is 1. The third-order valence-corrected chi connectivity index (χ3v) is 2.45. The highest BCUT2D eigenvalue weighted by atomic mass is 16.4. The van der Waals surface area contributed by atoms with Gasteiger partial charge in [0, 0.05) is 12.7 Å². The summed E-state index contributed by atoms with van der Waals surface area (Å²) in [5.41, 5.74) is 5.53. The number of aliphatic carboxylic acids is 1. The Labute approximate surface area is 110 Å². The largest absolute Gasteiger partial charge is 0.480 e. The van der Waals surface area contributed by atoms with Crippen molar-refractivity contribution in [1.29, 1.82) is 0 Å². The molecule has 4 N–H and O–H groups in total. The molecule has 1 aromatic carbocycles. The van der Waals surface area contributed by atoms with Crippen molar-refractivity contribution in [2.45, 2.75) is 12.5 Å². The molecule has 7 nitrogen and oxygen atoms in total. The summed E-state index contributed by atoms with van der Waals surface area (Å²) in [7, 11) is 1.49. The molecule has 0 unspecified atom stereocenters. The lowest BCUT2D eigenvalue weighted by molar-refractivity contribution is -0.140. The van der Waals surface area contributed by atoms with Crippen LogP contribution in [0.4, 0.5) is 10.5 Å². The molecule has 0 aliphatic heterocycles. The van der Waals surface area contributed by atoms with Gasteiger partial charge in [0.25, 0.3) is 0 Å². The van der Waals surface area contributed by atoms with Gasteiger partial charge in [-0.15, -0.1) is 0 Å². The van der Waals surface area contributed by atoms with E-state index in [9.17, 15) is 14.4 Å². The van der Waals surface area contributed by atoms with Gasteiger partial charge in [0.15, 0.2) is 0 Å². The van der Waals surface area contributed by atoms with E-state index >= 15 is 0 Å². The Morgan fingerprint density at radius 3 is 2.37 bits per heavy atom. The first-order valence-electron chi connectivity index (χ1n) is 5.52. The molecule has 7 heteroatoms. The van der Waals surface area contributed by atoms with Crippen LogP contribution in [0.15, 0.2) is 30.3 Å². The second kappa shape index (κ2) is 6.39. The molecule has 3 amide bonds. The number of hydrogen-bond donors (Lipinski definition) is 3. The van der Waals surface area contributed by atoms with Gasteiger partial charge in [0.1, 0.15) is 6.04 Å². The summed E-state index contributed by atoms with van der Waals surface area (Å²) in [5, 5.41) is 11.1. The van der Waals surface area contributed by atoms with E-state index in [1.807, 2.05) is 0 Å². The molecule has 19 heavy (non-hydrogen) atoms. The fourth-order valence-corrected chi connectivity index (χ4v) is 1.42. The Hall–Kier alpha value is -2.57. The molecule has 0 fully saturated rings. The van der Waals surface area contributed by atoms with Crippen molar-refractivity contribution in [3.63, 3.8) is 0 Å². The first-order chi connectivity index (χ1) is 8.91. The number of anilines is 1. The predicted molar refractivity (Wildman–Crippen MR) is 68.6 cm³/mol. The van der Waals surface area contributed by atoms with Gasteiger partial charge in [-0.1, -0.05) is 18.2 Å². The predicted octanol–water partition coefficient (Wildman–Crippen LogP) is 0.161. The highest BCUT2D eigenvalue weighted by Crippen LogP contribution is 2.11. The molecular weight excluding hydrogens is 250 g/mol. The zero-order chi connectivity index (χ0) is 14.4. The fourth-order valence-electron chi connectivity index (χ4n) is 1.42.